The van der Waals surface area contributed by atoms with Gasteiger partial charge in [-0.15, -0.1) is 0 Å². The van der Waals surface area contributed by atoms with Crippen LogP contribution in [0, 0.1) is 19.7 Å². The molecule has 20 heavy (non-hydrogen) atoms. The monoisotopic (exact) mass is 271 g/mol. The molecule has 0 spiro atoms. The Morgan fingerprint density at radius 2 is 1.95 bits per heavy atom. The summed E-state index contributed by atoms with van der Waals surface area (Å²) in [6, 6.07) is 8.37. The molecular formula is C15H14FN3O. The minimum Gasteiger partial charge on any atom is -0.466 e. The summed E-state index contributed by atoms with van der Waals surface area (Å²) in [6.07, 6.45) is 0. The van der Waals surface area contributed by atoms with E-state index in [1.54, 1.807) is 18.2 Å². The van der Waals surface area contributed by atoms with Crippen LogP contribution in [-0.2, 0) is 0 Å². The molecule has 0 aliphatic rings. The van der Waals surface area contributed by atoms with Crippen molar-refractivity contribution >= 4 is 5.82 Å². The Kier molecular flexibility index (Phi) is 2.82. The molecule has 102 valence electrons. The van der Waals surface area contributed by atoms with E-state index in [0.29, 0.717) is 16.8 Å². The number of H-pyrrole nitrogens is 1. The lowest BCUT2D eigenvalue weighted by Crippen LogP contribution is -1.91. The highest BCUT2D eigenvalue weighted by molar-refractivity contribution is 5.88. The van der Waals surface area contributed by atoms with Gasteiger partial charge < -0.3 is 10.2 Å². The smallest absolute Gasteiger partial charge is 0.153 e. The number of aryl methyl sites for hydroxylation is 2. The largest absolute Gasteiger partial charge is 0.466 e. The van der Waals surface area contributed by atoms with Gasteiger partial charge in [0.2, 0.25) is 0 Å². The molecule has 0 aliphatic carbocycles. The van der Waals surface area contributed by atoms with Crippen LogP contribution in [0.15, 0.2) is 34.7 Å². The molecule has 2 heterocycles. The predicted molar refractivity (Wildman–Crippen MR) is 75.6 cm³/mol. The van der Waals surface area contributed by atoms with Gasteiger partial charge >= 0.3 is 0 Å². The van der Waals surface area contributed by atoms with Crippen LogP contribution in [0.25, 0.3) is 22.4 Å². The molecule has 1 aromatic carbocycles. The van der Waals surface area contributed by atoms with Crippen molar-refractivity contribution in [2.75, 3.05) is 5.73 Å². The summed E-state index contributed by atoms with van der Waals surface area (Å²) < 4.78 is 19.5. The van der Waals surface area contributed by atoms with Crippen LogP contribution in [0.1, 0.15) is 11.5 Å². The van der Waals surface area contributed by atoms with Gasteiger partial charge in [0, 0.05) is 11.1 Å². The first kappa shape index (κ1) is 12.5. The molecular weight excluding hydrogens is 257 g/mol. The first-order valence-electron chi connectivity index (χ1n) is 6.24. The number of nitrogen functional groups attached to an aromatic ring is 1. The summed E-state index contributed by atoms with van der Waals surface area (Å²) in [5, 5.41) is 6.87. The average Bonchev–Trinajstić information content (AvgIpc) is 2.93. The Hall–Kier alpha value is -2.56. The molecule has 0 aliphatic heterocycles. The van der Waals surface area contributed by atoms with Crippen LogP contribution in [0.4, 0.5) is 10.2 Å². The fourth-order valence-electron chi connectivity index (χ4n) is 2.37. The first-order valence-corrected chi connectivity index (χ1v) is 6.24. The lowest BCUT2D eigenvalue weighted by molar-refractivity contribution is 0.505. The maximum absolute atomic E-state index is 14.0. The summed E-state index contributed by atoms with van der Waals surface area (Å²) in [6.45, 7) is 3.71. The summed E-state index contributed by atoms with van der Waals surface area (Å²) in [5.41, 5.74) is 8.39. The maximum Gasteiger partial charge on any atom is 0.153 e. The third-order valence-electron chi connectivity index (χ3n) is 3.25. The number of nitrogens with one attached hydrogen (secondary N) is 1. The number of aromatic amines is 1. The molecule has 0 amide bonds. The van der Waals surface area contributed by atoms with Crippen LogP contribution < -0.4 is 5.73 Å². The Bertz CT molecular complexity index is 773. The molecule has 4 nitrogen and oxygen atoms in total. The molecule has 3 aromatic rings. The minimum atomic E-state index is -0.334. The summed E-state index contributed by atoms with van der Waals surface area (Å²) >= 11 is 0. The zero-order chi connectivity index (χ0) is 14.3. The van der Waals surface area contributed by atoms with E-state index < -0.39 is 0 Å². The number of hydrogen-bond donors (Lipinski definition) is 2. The normalized spacial score (nSPS) is 10.9. The van der Waals surface area contributed by atoms with Crippen molar-refractivity contribution in [3.63, 3.8) is 0 Å². The molecule has 0 unspecified atom stereocenters. The second-order valence-corrected chi connectivity index (χ2v) is 4.67. The highest BCUT2D eigenvalue weighted by atomic mass is 19.1. The van der Waals surface area contributed by atoms with Crippen molar-refractivity contribution in [2.24, 2.45) is 0 Å². The summed E-state index contributed by atoms with van der Waals surface area (Å²) in [4.78, 5) is 0. The summed E-state index contributed by atoms with van der Waals surface area (Å²) in [5.74, 6) is 1.46. The molecule has 0 fully saturated rings. The van der Waals surface area contributed by atoms with E-state index in [9.17, 15) is 4.39 Å². The lowest BCUT2D eigenvalue weighted by Gasteiger charge is -2.05. The van der Waals surface area contributed by atoms with Gasteiger partial charge in [0.05, 0.1) is 11.3 Å². The van der Waals surface area contributed by atoms with E-state index in [2.05, 4.69) is 10.2 Å². The Balaban J connectivity index is 2.26. The maximum atomic E-state index is 14.0. The molecule has 2 aromatic heterocycles. The van der Waals surface area contributed by atoms with Crippen molar-refractivity contribution < 1.29 is 8.81 Å². The Morgan fingerprint density at radius 1 is 1.20 bits per heavy atom. The minimum absolute atomic E-state index is 0.267. The highest BCUT2D eigenvalue weighted by Crippen LogP contribution is 2.38. The van der Waals surface area contributed by atoms with E-state index in [1.165, 1.54) is 6.07 Å². The standard InChI is InChI=1S/C15H14FN3O/c1-8-7-11(9(2)20-8)14-13(15(17)19-18-14)10-5-3-4-6-12(10)16/h3-7H,1-2H3,(H3,17,18,19). The number of rotatable bonds is 2. The van der Waals surface area contributed by atoms with Gasteiger partial charge in [0.1, 0.15) is 17.3 Å². The van der Waals surface area contributed by atoms with Gasteiger partial charge in [-0.1, -0.05) is 18.2 Å². The van der Waals surface area contributed by atoms with E-state index in [1.807, 2.05) is 19.9 Å². The molecule has 0 saturated carbocycles. The van der Waals surface area contributed by atoms with Crippen LogP contribution in [0.3, 0.4) is 0 Å². The second kappa shape index (κ2) is 4.52. The SMILES string of the molecule is Cc1cc(-c2[nH]nc(N)c2-c2ccccc2F)c(C)o1. The third-order valence-corrected chi connectivity index (χ3v) is 3.25. The number of hydrogen-bond acceptors (Lipinski definition) is 3. The summed E-state index contributed by atoms with van der Waals surface area (Å²) in [7, 11) is 0. The first-order chi connectivity index (χ1) is 9.58. The quantitative estimate of drug-likeness (QED) is 0.747. The van der Waals surface area contributed by atoms with Crippen molar-refractivity contribution in [3.8, 4) is 22.4 Å². The van der Waals surface area contributed by atoms with Crippen LogP contribution in [0.2, 0.25) is 0 Å². The molecule has 0 saturated heterocycles. The predicted octanol–water partition coefficient (Wildman–Crippen LogP) is 3.67. The average molecular weight is 271 g/mol. The topological polar surface area (TPSA) is 67.8 Å². The number of benzene rings is 1. The Labute approximate surface area is 115 Å². The van der Waals surface area contributed by atoms with Crippen molar-refractivity contribution in [2.45, 2.75) is 13.8 Å². The fourth-order valence-corrected chi connectivity index (χ4v) is 2.37. The molecule has 0 radical (unpaired) electrons. The van der Waals surface area contributed by atoms with Crippen LogP contribution >= 0.6 is 0 Å². The molecule has 0 bridgehead atoms. The van der Waals surface area contributed by atoms with Gasteiger partial charge in [0.15, 0.2) is 5.82 Å². The molecule has 5 heteroatoms. The number of anilines is 1. The van der Waals surface area contributed by atoms with E-state index >= 15 is 0 Å². The number of nitrogens with two attached hydrogens (primary N) is 1. The molecule has 3 rings (SSSR count). The third kappa shape index (κ3) is 1.87. The van der Waals surface area contributed by atoms with Crippen LogP contribution in [-0.4, -0.2) is 10.2 Å². The van der Waals surface area contributed by atoms with E-state index in [0.717, 1.165) is 17.1 Å². The second-order valence-electron chi connectivity index (χ2n) is 4.67. The fraction of sp³-hybridized carbons (Fsp3) is 0.133. The number of nitrogens with zero attached hydrogens (tertiary/aromatic N) is 1. The van der Waals surface area contributed by atoms with Gasteiger partial charge in [0.25, 0.3) is 0 Å². The van der Waals surface area contributed by atoms with Crippen molar-refractivity contribution in [1.82, 2.24) is 10.2 Å². The number of halogens is 1. The number of aromatic nitrogens is 2. The highest BCUT2D eigenvalue weighted by Gasteiger charge is 2.20. The van der Waals surface area contributed by atoms with Crippen LogP contribution in [0.5, 0.6) is 0 Å². The van der Waals surface area contributed by atoms with Crippen molar-refractivity contribution in [1.29, 1.82) is 0 Å². The van der Waals surface area contributed by atoms with Gasteiger partial charge in [-0.25, -0.2) is 4.39 Å². The van der Waals surface area contributed by atoms with Gasteiger partial charge in [-0.05, 0) is 26.0 Å². The lowest BCUT2D eigenvalue weighted by atomic mass is 10.0. The van der Waals surface area contributed by atoms with Gasteiger partial charge in [-0.3, -0.25) is 5.10 Å². The molecule has 3 N–H and O–H groups in total. The Morgan fingerprint density at radius 3 is 2.60 bits per heavy atom. The zero-order valence-electron chi connectivity index (χ0n) is 11.2. The van der Waals surface area contributed by atoms with E-state index in [4.69, 9.17) is 10.2 Å². The van der Waals surface area contributed by atoms with Crippen molar-refractivity contribution in [3.05, 3.63) is 47.7 Å². The molecule has 0 atom stereocenters. The van der Waals surface area contributed by atoms with Gasteiger partial charge in [-0.2, -0.15) is 5.10 Å². The number of furan rings is 1. The zero-order valence-corrected chi connectivity index (χ0v) is 11.2. The van der Waals surface area contributed by atoms with E-state index in [-0.39, 0.29) is 11.6 Å².